The van der Waals surface area contributed by atoms with Crippen LogP contribution in [0.2, 0.25) is 0 Å². The van der Waals surface area contributed by atoms with Gasteiger partial charge in [0.05, 0.1) is 6.54 Å². The maximum Gasteiger partial charge on any atom is 0.407 e. The molecule has 1 aliphatic rings. The van der Waals surface area contributed by atoms with Crippen LogP contribution in [-0.2, 0) is 17.8 Å². The normalized spacial score (nSPS) is 16.9. The van der Waals surface area contributed by atoms with Crippen molar-refractivity contribution in [1.29, 1.82) is 0 Å². The highest BCUT2D eigenvalue weighted by Crippen LogP contribution is 2.14. The maximum absolute atomic E-state index is 11.6. The number of ether oxygens (including phenoxy) is 1. The summed E-state index contributed by atoms with van der Waals surface area (Å²) in [6.45, 7) is 9.38. The molecule has 0 bridgehead atoms. The van der Waals surface area contributed by atoms with Crippen LogP contribution in [0.3, 0.4) is 0 Å². The molecule has 1 atom stereocenters. The molecule has 124 valence electrons. The summed E-state index contributed by atoms with van der Waals surface area (Å²) in [4.78, 5) is 18.3. The van der Waals surface area contributed by atoms with Crippen molar-refractivity contribution in [2.45, 2.75) is 51.9 Å². The summed E-state index contributed by atoms with van der Waals surface area (Å²) in [6.07, 6.45) is 4.27. The molecule has 3 N–H and O–H groups in total. The molecule has 0 spiro atoms. The van der Waals surface area contributed by atoms with Gasteiger partial charge >= 0.3 is 6.09 Å². The lowest BCUT2D eigenvalue weighted by Crippen LogP contribution is -2.46. The number of carbonyl (C=O) groups excluding carboxylic acids is 1. The molecule has 0 aromatic carbocycles. The van der Waals surface area contributed by atoms with Crippen molar-refractivity contribution >= 4 is 6.09 Å². The average molecular weight is 309 g/mol. The Morgan fingerprint density at radius 2 is 2.27 bits per heavy atom. The molecule has 0 radical (unpaired) electrons. The summed E-state index contributed by atoms with van der Waals surface area (Å²) in [5.74, 6) is 1.07. The third-order valence-corrected chi connectivity index (χ3v) is 3.71. The third-order valence-electron chi connectivity index (χ3n) is 3.71. The van der Waals surface area contributed by atoms with Gasteiger partial charge in [0.25, 0.3) is 0 Å². The van der Waals surface area contributed by atoms with Gasteiger partial charge in [-0.2, -0.15) is 0 Å². The van der Waals surface area contributed by atoms with E-state index in [4.69, 9.17) is 10.5 Å². The summed E-state index contributed by atoms with van der Waals surface area (Å²) in [6, 6.07) is 0.236. The molecule has 0 fully saturated rings. The lowest BCUT2D eigenvalue weighted by atomic mass is 10.1. The molecule has 1 aliphatic heterocycles. The molecule has 2 rings (SSSR count). The van der Waals surface area contributed by atoms with Gasteiger partial charge in [-0.15, -0.1) is 0 Å². The fourth-order valence-corrected chi connectivity index (χ4v) is 2.61. The van der Waals surface area contributed by atoms with Crippen LogP contribution >= 0.6 is 0 Å². The number of fused-ring (bicyclic) bond motifs is 1. The van der Waals surface area contributed by atoms with Crippen LogP contribution in [0.25, 0.3) is 0 Å². The second-order valence-corrected chi connectivity index (χ2v) is 6.61. The molecule has 0 saturated carbocycles. The minimum absolute atomic E-state index is 0.236. The standard InChI is InChI=1S/C15H27N5O2/c1-15(2,3)22-14(21)18-5-4-12(10-16)20-9-8-19-7-6-17-13(19)11-20/h6-7,12H,4-5,8-11,16H2,1-3H3,(H,18,21). The van der Waals surface area contributed by atoms with E-state index >= 15 is 0 Å². The Morgan fingerprint density at radius 1 is 1.50 bits per heavy atom. The van der Waals surface area contributed by atoms with Crippen molar-refractivity contribution in [3.63, 3.8) is 0 Å². The number of nitrogens with one attached hydrogen (secondary N) is 1. The first-order valence-corrected chi connectivity index (χ1v) is 7.80. The topological polar surface area (TPSA) is 85.4 Å². The number of rotatable bonds is 5. The summed E-state index contributed by atoms with van der Waals surface area (Å²) < 4.78 is 7.40. The maximum atomic E-state index is 11.6. The number of amides is 1. The zero-order valence-electron chi connectivity index (χ0n) is 13.7. The predicted octanol–water partition coefficient (Wildman–Crippen LogP) is 0.941. The average Bonchev–Trinajstić information content (AvgIpc) is 2.89. The number of hydrogen-bond donors (Lipinski definition) is 2. The number of hydrogen-bond acceptors (Lipinski definition) is 5. The van der Waals surface area contributed by atoms with Crippen LogP contribution in [0.1, 0.15) is 33.0 Å². The van der Waals surface area contributed by atoms with E-state index in [0.29, 0.717) is 13.1 Å². The van der Waals surface area contributed by atoms with E-state index < -0.39 is 5.60 Å². The SMILES string of the molecule is CC(C)(C)OC(=O)NCCC(CN)N1CCn2ccnc2C1. The molecule has 22 heavy (non-hydrogen) atoms. The molecule has 1 amide bonds. The minimum atomic E-state index is -0.471. The van der Waals surface area contributed by atoms with E-state index in [0.717, 1.165) is 31.9 Å². The van der Waals surface area contributed by atoms with Crippen molar-refractivity contribution in [1.82, 2.24) is 19.8 Å². The molecule has 1 aromatic heterocycles. The van der Waals surface area contributed by atoms with E-state index in [2.05, 4.69) is 19.8 Å². The van der Waals surface area contributed by atoms with Gasteiger partial charge in [-0.25, -0.2) is 9.78 Å². The van der Waals surface area contributed by atoms with Crippen molar-refractivity contribution in [2.75, 3.05) is 19.6 Å². The summed E-state index contributed by atoms with van der Waals surface area (Å²) >= 11 is 0. The molecule has 0 saturated heterocycles. The summed E-state index contributed by atoms with van der Waals surface area (Å²) in [7, 11) is 0. The molecule has 0 aliphatic carbocycles. The van der Waals surface area contributed by atoms with Gasteiger partial charge in [-0.3, -0.25) is 4.90 Å². The molecule has 1 unspecified atom stereocenters. The van der Waals surface area contributed by atoms with Crippen LogP contribution < -0.4 is 11.1 Å². The molecular weight excluding hydrogens is 282 g/mol. The van der Waals surface area contributed by atoms with Gasteiger partial charge in [0.2, 0.25) is 0 Å². The minimum Gasteiger partial charge on any atom is -0.444 e. The van der Waals surface area contributed by atoms with Crippen LogP contribution in [0, 0.1) is 0 Å². The quantitative estimate of drug-likeness (QED) is 0.845. The number of imidazole rings is 1. The Bertz CT molecular complexity index is 494. The van der Waals surface area contributed by atoms with Crippen LogP contribution in [0.4, 0.5) is 4.79 Å². The lowest BCUT2D eigenvalue weighted by Gasteiger charge is -2.34. The molecule has 7 heteroatoms. The first-order chi connectivity index (χ1) is 10.4. The fourth-order valence-electron chi connectivity index (χ4n) is 2.61. The Hall–Kier alpha value is -1.60. The van der Waals surface area contributed by atoms with Gasteiger partial charge in [0.15, 0.2) is 0 Å². The Labute approximate surface area is 131 Å². The van der Waals surface area contributed by atoms with Gasteiger partial charge in [0, 0.05) is 44.6 Å². The molecule has 1 aromatic rings. The molecule has 2 heterocycles. The van der Waals surface area contributed by atoms with Crippen LogP contribution in [0.5, 0.6) is 0 Å². The fraction of sp³-hybridized carbons (Fsp3) is 0.733. The number of nitrogens with two attached hydrogens (primary N) is 1. The summed E-state index contributed by atoms with van der Waals surface area (Å²) in [5.41, 5.74) is 5.43. The first-order valence-electron chi connectivity index (χ1n) is 7.80. The summed E-state index contributed by atoms with van der Waals surface area (Å²) in [5, 5.41) is 2.79. The van der Waals surface area contributed by atoms with E-state index in [-0.39, 0.29) is 12.1 Å². The Kier molecular flexibility index (Phi) is 5.42. The Morgan fingerprint density at radius 3 is 2.95 bits per heavy atom. The highest BCUT2D eigenvalue weighted by molar-refractivity contribution is 5.67. The van der Waals surface area contributed by atoms with E-state index in [1.54, 1.807) is 0 Å². The predicted molar refractivity (Wildman–Crippen MR) is 84.3 cm³/mol. The van der Waals surface area contributed by atoms with Crippen molar-refractivity contribution in [3.05, 3.63) is 18.2 Å². The van der Waals surface area contributed by atoms with Crippen molar-refractivity contribution in [3.8, 4) is 0 Å². The van der Waals surface area contributed by atoms with E-state index in [9.17, 15) is 4.79 Å². The van der Waals surface area contributed by atoms with Crippen molar-refractivity contribution in [2.24, 2.45) is 5.73 Å². The van der Waals surface area contributed by atoms with Crippen LogP contribution in [0.15, 0.2) is 12.4 Å². The second kappa shape index (κ2) is 7.11. The number of carbonyl (C=O) groups is 1. The van der Waals surface area contributed by atoms with Crippen LogP contribution in [-0.4, -0.2) is 51.8 Å². The highest BCUT2D eigenvalue weighted by atomic mass is 16.6. The van der Waals surface area contributed by atoms with Gasteiger partial charge in [0.1, 0.15) is 11.4 Å². The molecule has 7 nitrogen and oxygen atoms in total. The highest BCUT2D eigenvalue weighted by Gasteiger charge is 2.23. The third kappa shape index (κ3) is 4.71. The number of alkyl carbamates (subject to hydrolysis) is 1. The van der Waals surface area contributed by atoms with Gasteiger partial charge < -0.3 is 20.4 Å². The number of aromatic nitrogens is 2. The molecular formula is C15H27N5O2. The van der Waals surface area contributed by atoms with E-state index in [1.165, 1.54) is 0 Å². The van der Waals surface area contributed by atoms with Gasteiger partial charge in [-0.05, 0) is 27.2 Å². The zero-order chi connectivity index (χ0) is 16.2. The zero-order valence-corrected chi connectivity index (χ0v) is 13.7. The number of nitrogens with zero attached hydrogens (tertiary/aromatic N) is 3. The largest absolute Gasteiger partial charge is 0.444 e. The van der Waals surface area contributed by atoms with E-state index in [1.807, 2.05) is 33.2 Å². The Balaban J connectivity index is 1.77. The first kappa shape index (κ1) is 16.8. The monoisotopic (exact) mass is 309 g/mol. The van der Waals surface area contributed by atoms with Crippen molar-refractivity contribution < 1.29 is 9.53 Å². The lowest BCUT2D eigenvalue weighted by molar-refractivity contribution is 0.0519. The van der Waals surface area contributed by atoms with Gasteiger partial charge in [-0.1, -0.05) is 0 Å². The second-order valence-electron chi connectivity index (χ2n) is 6.61. The smallest absolute Gasteiger partial charge is 0.407 e.